The third-order valence-electron chi connectivity index (χ3n) is 4.37. The summed E-state index contributed by atoms with van der Waals surface area (Å²) in [5.74, 6) is 1.57. The summed E-state index contributed by atoms with van der Waals surface area (Å²) in [6.45, 7) is 4.28. The first-order valence-corrected chi connectivity index (χ1v) is 9.93. The Morgan fingerprint density at radius 2 is 1.79 bits per heavy atom. The van der Waals surface area contributed by atoms with Gasteiger partial charge in [-0.15, -0.1) is 0 Å². The minimum atomic E-state index is -0.0444. The number of carbonyl (C=O) groups is 1. The molecule has 0 fully saturated rings. The van der Waals surface area contributed by atoms with Crippen molar-refractivity contribution in [1.82, 2.24) is 0 Å². The number of benzene rings is 2. The highest BCUT2D eigenvalue weighted by Gasteiger charge is 2.08. The van der Waals surface area contributed by atoms with E-state index in [0.29, 0.717) is 39.3 Å². The van der Waals surface area contributed by atoms with Gasteiger partial charge in [-0.3, -0.25) is 4.79 Å². The lowest BCUT2D eigenvalue weighted by atomic mass is 10.2. The van der Waals surface area contributed by atoms with E-state index in [9.17, 15) is 4.79 Å². The predicted molar refractivity (Wildman–Crippen MR) is 114 cm³/mol. The molecule has 3 rings (SSSR count). The van der Waals surface area contributed by atoms with Crippen molar-refractivity contribution in [3.8, 4) is 11.3 Å². The van der Waals surface area contributed by atoms with Crippen LogP contribution in [-0.2, 0) is 27.3 Å². The number of amides is 1. The molecule has 5 nitrogen and oxygen atoms in total. The van der Waals surface area contributed by atoms with Crippen LogP contribution in [0.15, 0.2) is 71.1 Å². The number of ether oxygens (including phenoxy) is 2. The van der Waals surface area contributed by atoms with Crippen LogP contribution >= 0.6 is 0 Å². The Morgan fingerprint density at radius 1 is 0.966 bits per heavy atom. The van der Waals surface area contributed by atoms with E-state index in [1.807, 2.05) is 73.7 Å². The van der Waals surface area contributed by atoms with Crippen LogP contribution in [0, 0.1) is 0 Å². The van der Waals surface area contributed by atoms with Gasteiger partial charge in [0.05, 0.1) is 19.8 Å². The number of nitrogens with one attached hydrogen (secondary N) is 1. The lowest BCUT2D eigenvalue weighted by molar-refractivity contribution is -0.116. The minimum absolute atomic E-state index is 0.0444. The fourth-order valence-electron chi connectivity index (χ4n) is 2.92. The number of anilines is 1. The third-order valence-corrected chi connectivity index (χ3v) is 4.37. The van der Waals surface area contributed by atoms with E-state index < -0.39 is 0 Å². The molecule has 1 aromatic heterocycles. The molecule has 1 N–H and O–H groups in total. The van der Waals surface area contributed by atoms with Crippen LogP contribution in [-0.4, -0.2) is 25.7 Å². The zero-order valence-electron chi connectivity index (χ0n) is 16.7. The monoisotopic (exact) mass is 393 g/mol. The van der Waals surface area contributed by atoms with Crippen molar-refractivity contribution >= 4 is 11.6 Å². The molecule has 0 unspecified atom stereocenters. The van der Waals surface area contributed by atoms with Gasteiger partial charge in [-0.25, -0.2) is 0 Å². The molecule has 1 heterocycles. The van der Waals surface area contributed by atoms with Gasteiger partial charge in [0.1, 0.15) is 11.5 Å². The van der Waals surface area contributed by atoms with Gasteiger partial charge in [0.15, 0.2) is 0 Å². The SMILES string of the molecule is CCOCCOCc1cccc(NC(=O)CCc2ccc(-c3ccccc3)o2)c1. The average Bonchev–Trinajstić information content (AvgIpc) is 3.22. The molecule has 0 radical (unpaired) electrons. The quantitative estimate of drug-likeness (QED) is 0.462. The van der Waals surface area contributed by atoms with E-state index in [2.05, 4.69) is 5.32 Å². The molecule has 0 aliphatic rings. The van der Waals surface area contributed by atoms with E-state index in [-0.39, 0.29) is 5.91 Å². The predicted octanol–water partition coefficient (Wildman–Crippen LogP) is 5.07. The zero-order chi connectivity index (χ0) is 20.3. The van der Waals surface area contributed by atoms with E-state index in [1.54, 1.807) is 0 Å². The summed E-state index contributed by atoms with van der Waals surface area (Å²) in [5, 5.41) is 2.94. The molecule has 3 aromatic rings. The summed E-state index contributed by atoms with van der Waals surface area (Å²) in [7, 11) is 0. The molecule has 0 aliphatic carbocycles. The summed E-state index contributed by atoms with van der Waals surface area (Å²) in [5.41, 5.74) is 2.81. The molecular formula is C24H27NO4. The summed E-state index contributed by atoms with van der Waals surface area (Å²) in [6.07, 6.45) is 0.912. The smallest absolute Gasteiger partial charge is 0.224 e. The van der Waals surface area contributed by atoms with Crippen molar-refractivity contribution in [2.45, 2.75) is 26.4 Å². The van der Waals surface area contributed by atoms with E-state index in [1.165, 1.54) is 0 Å². The molecule has 0 saturated heterocycles. The molecule has 5 heteroatoms. The Labute approximate surface area is 171 Å². The maximum Gasteiger partial charge on any atom is 0.224 e. The molecule has 0 atom stereocenters. The highest BCUT2D eigenvalue weighted by Crippen LogP contribution is 2.22. The highest BCUT2D eigenvalue weighted by atomic mass is 16.5. The first kappa shape index (κ1) is 20.8. The van der Waals surface area contributed by atoms with Crippen molar-refractivity contribution in [2.24, 2.45) is 0 Å². The molecule has 29 heavy (non-hydrogen) atoms. The highest BCUT2D eigenvalue weighted by molar-refractivity contribution is 5.90. The van der Waals surface area contributed by atoms with Gasteiger partial charge < -0.3 is 19.2 Å². The van der Waals surface area contributed by atoms with Gasteiger partial charge in [-0.05, 0) is 36.8 Å². The Balaban J connectivity index is 1.45. The third kappa shape index (κ3) is 6.89. The lowest BCUT2D eigenvalue weighted by Gasteiger charge is -2.08. The normalized spacial score (nSPS) is 10.8. The van der Waals surface area contributed by atoms with Crippen molar-refractivity contribution in [3.63, 3.8) is 0 Å². The van der Waals surface area contributed by atoms with Gasteiger partial charge >= 0.3 is 0 Å². The summed E-state index contributed by atoms with van der Waals surface area (Å²) in [4.78, 5) is 12.3. The first-order chi connectivity index (χ1) is 14.2. The second kappa shape index (κ2) is 11.2. The van der Waals surface area contributed by atoms with Crippen molar-refractivity contribution in [3.05, 3.63) is 78.1 Å². The number of hydrogen-bond acceptors (Lipinski definition) is 4. The number of rotatable bonds is 11. The zero-order valence-corrected chi connectivity index (χ0v) is 16.7. The lowest BCUT2D eigenvalue weighted by Crippen LogP contribution is -2.12. The first-order valence-electron chi connectivity index (χ1n) is 9.93. The fraction of sp³-hybridized carbons (Fsp3) is 0.292. The topological polar surface area (TPSA) is 60.7 Å². The van der Waals surface area contributed by atoms with Crippen molar-refractivity contribution in [2.75, 3.05) is 25.1 Å². The van der Waals surface area contributed by atoms with Crippen LogP contribution in [0.25, 0.3) is 11.3 Å². The molecule has 152 valence electrons. The van der Waals surface area contributed by atoms with Crippen molar-refractivity contribution in [1.29, 1.82) is 0 Å². The fourth-order valence-corrected chi connectivity index (χ4v) is 2.92. The summed E-state index contributed by atoms with van der Waals surface area (Å²) < 4.78 is 16.7. The number of aryl methyl sites for hydroxylation is 1. The number of carbonyl (C=O) groups excluding carboxylic acids is 1. The average molecular weight is 393 g/mol. The second-order valence-corrected chi connectivity index (χ2v) is 6.63. The Kier molecular flexibility index (Phi) is 8.04. The second-order valence-electron chi connectivity index (χ2n) is 6.63. The van der Waals surface area contributed by atoms with Gasteiger partial charge in [0.25, 0.3) is 0 Å². The molecule has 2 aromatic carbocycles. The molecule has 1 amide bonds. The largest absolute Gasteiger partial charge is 0.461 e. The summed E-state index contributed by atoms with van der Waals surface area (Å²) in [6, 6.07) is 21.5. The maximum atomic E-state index is 12.3. The van der Waals surface area contributed by atoms with Crippen LogP contribution in [0.4, 0.5) is 5.69 Å². The van der Waals surface area contributed by atoms with Gasteiger partial charge in [-0.2, -0.15) is 0 Å². The number of hydrogen-bond donors (Lipinski definition) is 1. The number of furan rings is 1. The van der Waals surface area contributed by atoms with Crippen molar-refractivity contribution < 1.29 is 18.7 Å². The van der Waals surface area contributed by atoms with Gasteiger partial charge in [0, 0.05) is 30.7 Å². The van der Waals surface area contributed by atoms with Gasteiger partial charge in [0.2, 0.25) is 5.91 Å². The van der Waals surface area contributed by atoms with E-state index in [4.69, 9.17) is 13.9 Å². The Morgan fingerprint density at radius 3 is 2.62 bits per heavy atom. The Bertz CT molecular complexity index is 889. The van der Waals surface area contributed by atoms with E-state index >= 15 is 0 Å². The van der Waals surface area contributed by atoms with Crippen LogP contribution in [0.5, 0.6) is 0 Å². The molecule has 0 aliphatic heterocycles. The molecular weight excluding hydrogens is 366 g/mol. The summed E-state index contributed by atoms with van der Waals surface area (Å²) >= 11 is 0. The van der Waals surface area contributed by atoms with E-state index in [0.717, 1.165) is 28.3 Å². The van der Waals surface area contributed by atoms with Crippen LogP contribution in [0.2, 0.25) is 0 Å². The van der Waals surface area contributed by atoms with Gasteiger partial charge in [-0.1, -0.05) is 42.5 Å². The molecule has 0 saturated carbocycles. The standard InChI is InChI=1S/C24H27NO4/c1-2-27-15-16-28-18-19-7-6-10-21(17-19)25-24(26)14-12-22-11-13-23(29-22)20-8-4-3-5-9-20/h3-11,13,17H,2,12,14-16,18H2,1H3,(H,25,26). The molecule has 0 bridgehead atoms. The maximum absolute atomic E-state index is 12.3. The van der Waals surface area contributed by atoms with Crippen LogP contribution in [0.3, 0.4) is 0 Å². The van der Waals surface area contributed by atoms with Crippen LogP contribution < -0.4 is 5.32 Å². The Hall–Kier alpha value is -2.89. The molecule has 0 spiro atoms. The van der Waals surface area contributed by atoms with Crippen LogP contribution in [0.1, 0.15) is 24.7 Å². The minimum Gasteiger partial charge on any atom is -0.461 e.